The molecule has 0 N–H and O–H groups in total. The normalized spacial score (nSPS) is 8.86. The van der Waals surface area contributed by atoms with Crippen molar-refractivity contribution in [3.63, 3.8) is 0 Å². The maximum atomic E-state index is 11.3. The predicted octanol–water partition coefficient (Wildman–Crippen LogP) is 2.12. The van der Waals surface area contributed by atoms with E-state index in [1.807, 2.05) is 6.92 Å². The van der Waals surface area contributed by atoms with Gasteiger partial charge in [0.05, 0.1) is 6.67 Å². The lowest BCUT2D eigenvalue weighted by molar-refractivity contribution is 0.491. The highest BCUT2D eigenvalue weighted by molar-refractivity contribution is 4.88. The molecule has 41 valence electrons. The van der Waals surface area contributed by atoms with E-state index in [4.69, 9.17) is 6.58 Å². The van der Waals surface area contributed by atoms with Gasteiger partial charge in [-0.15, -0.1) is 0 Å². The maximum Gasteiger partial charge on any atom is 0.0931 e. The Morgan fingerprint density at radius 1 is 1.71 bits per heavy atom. The molecule has 0 bridgehead atoms. The van der Waals surface area contributed by atoms with Crippen LogP contribution in [0.4, 0.5) is 4.39 Å². The molecular formula is C6H10F. The topological polar surface area (TPSA) is 0 Å². The molecule has 1 radical (unpaired) electrons. The summed E-state index contributed by atoms with van der Waals surface area (Å²) in [6, 6.07) is 0. The standard InChI is InChI=1S/C6H10F/c1-3-6(2)4-5-7/h2H,3-5H2,1H3. The zero-order valence-electron chi connectivity index (χ0n) is 4.58. The average Bonchev–Trinajstić information content (AvgIpc) is 1.68. The van der Waals surface area contributed by atoms with E-state index in [0.29, 0.717) is 6.42 Å². The van der Waals surface area contributed by atoms with Gasteiger partial charge in [-0.2, -0.15) is 0 Å². The van der Waals surface area contributed by atoms with E-state index in [1.54, 1.807) is 0 Å². The second kappa shape index (κ2) is 3.85. The van der Waals surface area contributed by atoms with Crippen LogP contribution >= 0.6 is 0 Å². The Bertz CT molecular complexity index is 57.2. The van der Waals surface area contributed by atoms with Crippen molar-refractivity contribution in [1.29, 1.82) is 0 Å². The van der Waals surface area contributed by atoms with E-state index >= 15 is 0 Å². The summed E-state index contributed by atoms with van der Waals surface area (Å²) in [5, 5.41) is 0. The van der Waals surface area contributed by atoms with E-state index in [1.165, 1.54) is 0 Å². The number of allylic oxidation sites excluding steroid dienone is 1. The van der Waals surface area contributed by atoms with Gasteiger partial charge >= 0.3 is 0 Å². The minimum Gasteiger partial charge on any atom is -0.251 e. The Balaban J connectivity index is 3.00. The monoisotopic (exact) mass is 101 g/mol. The van der Waals surface area contributed by atoms with Crippen molar-refractivity contribution in [3.8, 4) is 0 Å². The number of rotatable bonds is 3. The molecule has 0 spiro atoms. The summed E-state index contributed by atoms with van der Waals surface area (Å²) >= 11 is 0. The first-order chi connectivity index (χ1) is 3.31. The van der Waals surface area contributed by atoms with Crippen LogP contribution in [0.3, 0.4) is 0 Å². The molecule has 0 saturated carbocycles. The van der Waals surface area contributed by atoms with Crippen molar-refractivity contribution in [2.45, 2.75) is 19.8 Å². The lowest BCUT2D eigenvalue weighted by atomic mass is 10.2. The zero-order chi connectivity index (χ0) is 5.70. The molecule has 7 heavy (non-hydrogen) atoms. The van der Waals surface area contributed by atoms with Crippen LogP contribution < -0.4 is 0 Å². The average molecular weight is 101 g/mol. The second-order valence-corrected chi connectivity index (χ2v) is 1.45. The van der Waals surface area contributed by atoms with Crippen LogP contribution in [0, 0.1) is 6.58 Å². The second-order valence-electron chi connectivity index (χ2n) is 1.45. The van der Waals surface area contributed by atoms with Crippen LogP contribution in [0.15, 0.2) is 5.57 Å². The molecule has 0 rings (SSSR count). The van der Waals surface area contributed by atoms with Gasteiger partial charge in [0.2, 0.25) is 0 Å². The highest BCUT2D eigenvalue weighted by Crippen LogP contribution is 2.00. The molecule has 0 amide bonds. The molecule has 0 atom stereocenters. The van der Waals surface area contributed by atoms with Crippen LogP contribution in [0.2, 0.25) is 0 Å². The fourth-order valence-electron chi connectivity index (χ4n) is 0.298. The largest absolute Gasteiger partial charge is 0.251 e. The summed E-state index contributed by atoms with van der Waals surface area (Å²) in [5.74, 6) is 0. The highest BCUT2D eigenvalue weighted by Gasteiger charge is 1.86. The van der Waals surface area contributed by atoms with Gasteiger partial charge in [0.25, 0.3) is 0 Å². The third-order valence-electron chi connectivity index (χ3n) is 0.870. The summed E-state index contributed by atoms with van der Waals surface area (Å²) in [7, 11) is 0. The van der Waals surface area contributed by atoms with Gasteiger partial charge in [-0.05, 0) is 12.8 Å². The third-order valence-corrected chi connectivity index (χ3v) is 0.870. The van der Waals surface area contributed by atoms with E-state index in [0.717, 1.165) is 12.0 Å². The van der Waals surface area contributed by atoms with Gasteiger partial charge in [-0.1, -0.05) is 19.1 Å². The summed E-state index contributed by atoms with van der Waals surface area (Å²) in [6.45, 7) is 6.86. The van der Waals surface area contributed by atoms with E-state index in [-0.39, 0.29) is 6.67 Å². The van der Waals surface area contributed by atoms with Crippen molar-refractivity contribution >= 4 is 0 Å². The summed E-state index contributed by atoms with van der Waals surface area (Å²) in [6.07, 6.45) is 1.22. The quantitative estimate of drug-likeness (QED) is 0.510. The minimum atomic E-state index is -0.320. The Labute approximate surface area is 44.0 Å². The van der Waals surface area contributed by atoms with Gasteiger partial charge in [-0.25, -0.2) is 0 Å². The predicted molar refractivity (Wildman–Crippen MR) is 28.7 cm³/mol. The first kappa shape index (κ1) is 6.67. The number of hydrogen-bond donors (Lipinski definition) is 0. The first-order valence-corrected chi connectivity index (χ1v) is 2.47. The van der Waals surface area contributed by atoms with Crippen molar-refractivity contribution in [1.82, 2.24) is 0 Å². The fourth-order valence-corrected chi connectivity index (χ4v) is 0.298. The van der Waals surface area contributed by atoms with Crippen molar-refractivity contribution < 1.29 is 4.39 Å². The van der Waals surface area contributed by atoms with E-state index in [9.17, 15) is 4.39 Å². The van der Waals surface area contributed by atoms with Crippen LogP contribution in [-0.2, 0) is 0 Å². The smallest absolute Gasteiger partial charge is 0.0931 e. The Kier molecular flexibility index (Phi) is 3.67. The van der Waals surface area contributed by atoms with Gasteiger partial charge < -0.3 is 0 Å². The number of halogens is 1. The third kappa shape index (κ3) is 3.50. The fraction of sp³-hybridized carbons (Fsp3) is 0.667. The Morgan fingerprint density at radius 3 is 2.43 bits per heavy atom. The molecule has 0 aromatic heterocycles. The Morgan fingerprint density at radius 2 is 2.29 bits per heavy atom. The minimum absolute atomic E-state index is 0.320. The molecule has 0 nitrogen and oxygen atoms in total. The van der Waals surface area contributed by atoms with Crippen LogP contribution in [0.5, 0.6) is 0 Å². The maximum absolute atomic E-state index is 11.3. The van der Waals surface area contributed by atoms with Gasteiger partial charge in [-0.3, -0.25) is 4.39 Å². The highest BCUT2D eigenvalue weighted by atomic mass is 19.1. The summed E-state index contributed by atoms with van der Waals surface area (Å²) in [4.78, 5) is 0. The first-order valence-electron chi connectivity index (χ1n) is 2.47. The van der Waals surface area contributed by atoms with Crippen molar-refractivity contribution in [2.75, 3.05) is 6.67 Å². The molecule has 0 saturated heterocycles. The molecule has 0 aromatic carbocycles. The van der Waals surface area contributed by atoms with E-state index < -0.39 is 0 Å². The molecule has 0 aromatic rings. The molecule has 0 aliphatic rings. The van der Waals surface area contributed by atoms with Gasteiger partial charge in [0.15, 0.2) is 0 Å². The van der Waals surface area contributed by atoms with Crippen molar-refractivity contribution in [2.24, 2.45) is 0 Å². The molecule has 0 aliphatic heterocycles. The van der Waals surface area contributed by atoms with Crippen LogP contribution in [-0.4, -0.2) is 6.67 Å². The number of hydrogen-bond acceptors (Lipinski definition) is 0. The van der Waals surface area contributed by atoms with Crippen molar-refractivity contribution in [3.05, 3.63) is 12.2 Å². The summed E-state index contributed by atoms with van der Waals surface area (Å²) in [5.41, 5.74) is 0.752. The number of alkyl halides is 1. The molecule has 0 fully saturated rings. The molecule has 0 heterocycles. The zero-order valence-corrected chi connectivity index (χ0v) is 4.58. The molecule has 1 heteroatoms. The summed E-state index contributed by atoms with van der Waals surface area (Å²) < 4.78 is 11.3. The Hall–Kier alpha value is -0.330. The molecule has 0 unspecified atom stereocenters. The SMILES string of the molecule is [CH]=C(CC)CCF. The molecular weight excluding hydrogens is 91.1 g/mol. The molecule has 0 aliphatic carbocycles. The van der Waals surface area contributed by atoms with E-state index in [2.05, 4.69) is 0 Å². The van der Waals surface area contributed by atoms with Crippen LogP contribution in [0.25, 0.3) is 0 Å². The van der Waals surface area contributed by atoms with Gasteiger partial charge in [0.1, 0.15) is 0 Å². The van der Waals surface area contributed by atoms with Crippen LogP contribution in [0.1, 0.15) is 19.8 Å². The lowest BCUT2D eigenvalue weighted by Crippen LogP contribution is -1.78. The lowest BCUT2D eigenvalue weighted by Gasteiger charge is -1.91. The van der Waals surface area contributed by atoms with Gasteiger partial charge in [0, 0.05) is 0 Å².